The Labute approximate surface area is 205 Å². The van der Waals surface area contributed by atoms with Crippen LogP contribution >= 0.6 is 0 Å². The van der Waals surface area contributed by atoms with Crippen molar-refractivity contribution in [2.24, 2.45) is 11.7 Å². The Hall–Kier alpha value is -3.19. The number of primary amides is 1. The monoisotopic (exact) mass is 512 g/mol. The highest BCUT2D eigenvalue weighted by atomic mass is 19.4. The van der Waals surface area contributed by atoms with Crippen LogP contribution in [0.3, 0.4) is 0 Å². The molecule has 1 aromatic carbocycles. The number of nitrogens with one attached hydrogen (secondary N) is 1. The minimum atomic E-state index is -4.81. The molecule has 0 bridgehead atoms. The SMILES string of the molecule is NC(=O)CN1CCC(CNc2ncnc(N(Cc3cccc(OC(F)(F)F)c3)C3CC3)c2F)[C@@H](O)C1. The number of likely N-dealkylation sites (tertiary alicyclic amines) is 1. The van der Waals surface area contributed by atoms with Gasteiger partial charge in [-0.05, 0) is 43.5 Å². The molecule has 0 radical (unpaired) electrons. The van der Waals surface area contributed by atoms with Gasteiger partial charge in [0.25, 0.3) is 0 Å². The van der Waals surface area contributed by atoms with Gasteiger partial charge >= 0.3 is 6.36 Å². The highest BCUT2D eigenvalue weighted by molar-refractivity contribution is 5.75. The number of nitrogens with zero attached hydrogens (tertiary/aromatic N) is 4. The molecule has 1 saturated heterocycles. The van der Waals surface area contributed by atoms with Crippen molar-refractivity contribution < 1.29 is 32.2 Å². The van der Waals surface area contributed by atoms with Gasteiger partial charge in [0, 0.05) is 31.6 Å². The lowest BCUT2D eigenvalue weighted by atomic mass is 9.93. The molecule has 36 heavy (non-hydrogen) atoms. The van der Waals surface area contributed by atoms with Crippen molar-refractivity contribution in [2.75, 3.05) is 36.4 Å². The number of aliphatic hydroxyl groups excluding tert-OH is 1. The fourth-order valence-corrected chi connectivity index (χ4v) is 4.36. The van der Waals surface area contributed by atoms with Crippen LogP contribution < -0.4 is 20.7 Å². The molecule has 4 N–H and O–H groups in total. The predicted octanol–water partition coefficient (Wildman–Crippen LogP) is 2.26. The lowest BCUT2D eigenvalue weighted by molar-refractivity contribution is -0.274. The molecule has 13 heteroatoms. The fourth-order valence-electron chi connectivity index (χ4n) is 4.36. The molecule has 2 aliphatic rings. The minimum Gasteiger partial charge on any atom is -0.406 e. The van der Waals surface area contributed by atoms with Crippen molar-refractivity contribution in [3.8, 4) is 5.75 Å². The Morgan fingerprint density at radius 1 is 1.28 bits per heavy atom. The van der Waals surface area contributed by atoms with E-state index in [1.165, 1.54) is 24.5 Å². The molecule has 1 unspecified atom stereocenters. The van der Waals surface area contributed by atoms with Gasteiger partial charge in [0.1, 0.15) is 12.1 Å². The zero-order chi connectivity index (χ0) is 25.9. The number of alkyl halides is 3. The van der Waals surface area contributed by atoms with Gasteiger partial charge in [0.2, 0.25) is 11.7 Å². The van der Waals surface area contributed by atoms with Gasteiger partial charge in [-0.1, -0.05) is 12.1 Å². The zero-order valence-electron chi connectivity index (χ0n) is 19.4. The summed E-state index contributed by atoms with van der Waals surface area (Å²) in [6.45, 7) is 1.35. The second-order valence-electron chi connectivity index (χ2n) is 9.11. The van der Waals surface area contributed by atoms with Crippen LogP contribution in [-0.2, 0) is 11.3 Å². The third kappa shape index (κ3) is 6.94. The van der Waals surface area contributed by atoms with E-state index in [0.29, 0.717) is 25.1 Å². The molecule has 2 fully saturated rings. The first-order valence-electron chi connectivity index (χ1n) is 11.6. The number of aliphatic hydroxyl groups is 1. The van der Waals surface area contributed by atoms with E-state index in [1.807, 2.05) is 0 Å². The summed E-state index contributed by atoms with van der Waals surface area (Å²) in [6.07, 6.45) is -2.09. The number of anilines is 2. The minimum absolute atomic E-state index is 0.00541. The van der Waals surface area contributed by atoms with Crippen molar-refractivity contribution in [2.45, 2.75) is 44.3 Å². The van der Waals surface area contributed by atoms with Gasteiger partial charge in [0.15, 0.2) is 11.6 Å². The van der Waals surface area contributed by atoms with Crippen LogP contribution in [0.4, 0.5) is 29.2 Å². The van der Waals surface area contributed by atoms with Crippen molar-refractivity contribution in [1.29, 1.82) is 0 Å². The molecule has 4 rings (SSSR count). The number of carbonyl (C=O) groups is 1. The van der Waals surface area contributed by atoms with Crippen molar-refractivity contribution in [1.82, 2.24) is 14.9 Å². The van der Waals surface area contributed by atoms with E-state index in [4.69, 9.17) is 5.73 Å². The number of hydrogen-bond donors (Lipinski definition) is 3. The maximum absolute atomic E-state index is 15.4. The lowest BCUT2D eigenvalue weighted by Gasteiger charge is -2.35. The predicted molar refractivity (Wildman–Crippen MR) is 123 cm³/mol. The molecule has 0 spiro atoms. The Bertz CT molecular complexity index is 1070. The number of rotatable bonds is 10. The van der Waals surface area contributed by atoms with E-state index in [0.717, 1.165) is 12.8 Å². The molecule has 1 saturated carbocycles. The summed E-state index contributed by atoms with van der Waals surface area (Å²) in [5, 5.41) is 13.4. The molecule has 2 heterocycles. The number of nitrogens with two attached hydrogens (primary N) is 1. The average Bonchev–Trinajstić information content (AvgIpc) is 3.62. The van der Waals surface area contributed by atoms with Crippen molar-refractivity contribution >= 4 is 17.5 Å². The number of ether oxygens (including phenoxy) is 1. The van der Waals surface area contributed by atoms with Gasteiger partial charge in [-0.25, -0.2) is 9.97 Å². The molecule has 9 nitrogen and oxygen atoms in total. The Morgan fingerprint density at radius 2 is 2.06 bits per heavy atom. The summed E-state index contributed by atoms with van der Waals surface area (Å²) in [4.78, 5) is 22.7. The maximum atomic E-state index is 15.4. The van der Waals surface area contributed by atoms with E-state index < -0.39 is 24.2 Å². The summed E-state index contributed by atoms with van der Waals surface area (Å²) < 4.78 is 57.2. The Morgan fingerprint density at radius 3 is 2.72 bits per heavy atom. The average molecular weight is 513 g/mol. The highest BCUT2D eigenvalue weighted by Crippen LogP contribution is 2.35. The van der Waals surface area contributed by atoms with Crippen molar-refractivity contribution in [3.63, 3.8) is 0 Å². The van der Waals surface area contributed by atoms with Crippen LogP contribution in [0.2, 0.25) is 0 Å². The summed E-state index contributed by atoms with van der Waals surface area (Å²) in [5.74, 6) is -1.63. The second-order valence-corrected chi connectivity index (χ2v) is 9.11. The van der Waals surface area contributed by atoms with E-state index >= 15 is 4.39 Å². The number of benzene rings is 1. The van der Waals surface area contributed by atoms with E-state index in [9.17, 15) is 23.1 Å². The molecule has 196 valence electrons. The van der Waals surface area contributed by atoms with E-state index in [1.54, 1.807) is 15.9 Å². The topological polar surface area (TPSA) is 117 Å². The zero-order valence-corrected chi connectivity index (χ0v) is 19.4. The van der Waals surface area contributed by atoms with Crippen LogP contribution in [0, 0.1) is 11.7 Å². The number of amides is 1. The normalized spacial score (nSPS) is 20.7. The van der Waals surface area contributed by atoms with Crippen LogP contribution in [0.1, 0.15) is 24.8 Å². The number of β-amino-alcohol motifs (C(OH)–C–C–N with tert-alkyl or cyclic N) is 1. The summed E-state index contributed by atoms with van der Waals surface area (Å²) in [6, 6.07) is 5.57. The Balaban J connectivity index is 1.43. The molecule has 1 aliphatic heterocycles. The first kappa shape index (κ1) is 25.9. The summed E-state index contributed by atoms with van der Waals surface area (Å²) >= 11 is 0. The van der Waals surface area contributed by atoms with Gasteiger partial charge in [0.05, 0.1) is 12.6 Å². The fraction of sp³-hybridized carbons (Fsp3) is 0.522. The molecule has 1 amide bonds. The van der Waals surface area contributed by atoms with Gasteiger partial charge < -0.3 is 25.8 Å². The second kappa shape index (κ2) is 10.8. The van der Waals surface area contributed by atoms with E-state index in [2.05, 4.69) is 20.0 Å². The Kier molecular flexibility index (Phi) is 7.79. The number of halogens is 4. The van der Waals surface area contributed by atoms with Crippen LogP contribution in [0.5, 0.6) is 5.75 Å². The maximum Gasteiger partial charge on any atom is 0.573 e. The van der Waals surface area contributed by atoms with Crippen molar-refractivity contribution in [3.05, 3.63) is 42.0 Å². The van der Waals surface area contributed by atoms with Gasteiger partial charge in [-0.15, -0.1) is 13.2 Å². The van der Waals surface area contributed by atoms with Crippen LogP contribution in [-0.4, -0.2) is 70.6 Å². The first-order valence-corrected chi connectivity index (χ1v) is 11.6. The summed E-state index contributed by atoms with van der Waals surface area (Å²) in [7, 11) is 0. The number of carbonyl (C=O) groups excluding carboxylic acids is 1. The molecule has 1 aliphatic carbocycles. The lowest BCUT2D eigenvalue weighted by Crippen LogP contribution is -2.48. The highest BCUT2D eigenvalue weighted by Gasteiger charge is 2.34. The number of aromatic nitrogens is 2. The van der Waals surface area contributed by atoms with E-state index in [-0.39, 0.29) is 49.0 Å². The standard InChI is InChI=1S/C23H28F4N6O3/c24-20-21(29-9-15-6-7-32(11-18(15)34)12-19(28)35)30-13-31-22(20)33(16-4-5-16)10-14-2-1-3-17(8-14)36-23(25,26)27/h1-3,8,13,15-16,18,34H,4-7,9-12H2,(H2,28,35)(H,29,30,31)/t15?,18-/m0/s1. The molecule has 2 atom stereocenters. The molecule has 1 aromatic heterocycles. The van der Waals surface area contributed by atoms with Crippen LogP contribution in [0.15, 0.2) is 30.6 Å². The smallest absolute Gasteiger partial charge is 0.406 e. The molecule has 2 aromatic rings. The molecular formula is C23H28F4N6O3. The van der Waals surface area contributed by atoms with Gasteiger partial charge in [-0.3, -0.25) is 9.69 Å². The number of hydrogen-bond acceptors (Lipinski definition) is 8. The third-order valence-electron chi connectivity index (χ3n) is 6.23. The number of piperidine rings is 1. The van der Waals surface area contributed by atoms with Crippen LogP contribution in [0.25, 0.3) is 0 Å². The summed E-state index contributed by atoms with van der Waals surface area (Å²) in [5.41, 5.74) is 5.73. The van der Waals surface area contributed by atoms with Gasteiger partial charge in [-0.2, -0.15) is 4.39 Å². The third-order valence-corrected chi connectivity index (χ3v) is 6.23. The quantitative estimate of drug-likeness (QED) is 0.415. The largest absolute Gasteiger partial charge is 0.573 e. The molecular weight excluding hydrogens is 484 g/mol. The first-order chi connectivity index (χ1) is 17.1.